The zero-order valence-electron chi connectivity index (χ0n) is 14.8. The average Bonchev–Trinajstić information content (AvgIpc) is 2.48. The fraction of sp³-hybridized carbons (Fsp3) is 0.562. The molecule has 1 aromatic rings. The van der Waals surface area contributed by atoms with Crippen LogP contribution in [0.2, 0.25) is 0 Å². The molecular weight excluding hydrogens is 333 g/mol. The van der Waals surface area contributed by atoms with E-state index in [1.54, 1.807) is 33.0 Å². The molecule has 0 aliphatic heterocycles. The molecule has 0 saturated heterocycles. The second-order valence-corrected chi connectivity index (χ2v) is 8.87. The van der Waals surface area contributed by atoms with Crippen molar-refractivity contribution >= 4 is 15.8 Å². The van der Waals surface area contributed by atoms with Gasteiger partial charge in [-0.15, -0.1) is 0 Å². The summed E-state index contributed by atoms with van der Waals surface area (Å²) in [5, 5.41) is 6.07. The summed E-state index contributed by atoms with van der Waals surface area (Å²) in [5.41, 5.74) is 0. The maximum absolute atomic E-state index is 12.9. The van der Waals surface area contributed by atoms with E-state index >= 15 is 0 Å². The summed E-state index contributed by atoms with van der Waals surface area (Å²) < 4.78 is 41.0. The van der Waals surface area contributed by atoms with Crippen LogP contribution in [0.5, 0.6) is 5.75 Å². The third-order valence-corrected chi connectivity index (χ3v) is 5.77. The van der Waals surface area contributed by atoms with Crippen molar-refractivity contribution in [1.29, 1.82) is 0 Å². The van der Waals surface area contributed by atoms with E-state index in [4.69, 9.17) is 4.74 Å². The zero-order valence-corrected chi connectivity index (χ0v) is 15.6. The summed E-state index contributed by atoms with van der Waals surface area (Å²) in [6, 6.07) is 5.80. The molecule has 1 rings (SSSR count). The first-order valence-electron chi connectivity index (χ1n) is 7.61. The molecule has 0 aliphatic carbocycles. The second-order valence-electron chi connectivity index (χ2n) is 6.22. The summed E-state index contributed by atoms with van der Waals surface area (Å²) in [7, 11) is -1.58. The fourth-order valence-corrected chi connectivity index (χ4v) is 2.01. The quantitative estimate of drug-likeness (QED) is 0.571. The Bertz CT molecular complexity index is 658. The van der Waals surface area contributed by atoms with Crippen molar-refractivity contribution in [2.75, 3.05) is 26.4 Å². The van der Waals surface area contributed by atoms with Crippen LogP contribution in [-0.4, -0.2) is 51.6 Å². The van der Waals surface area contributed by atoms with Gasteiger partial charge in [0.05, 0.1) is 11.3 Å². The van der Waals surface area contributed by atoms with Crippen molar-refractivity contribution in [3.05, 3.63) is 30.1 Å². The molecule has 0 aliphatic rings. The van der Waals surface area contributed by atoms with Gasteiger partial charge in [0.2, 0.25) is 0 Å². The Morgan fingerprint density at radius 1 is 1.29 bits per heavy atom. The maximum Gasteiger partial charge on any atom is 0.191 e. The standard InChI is InChI=1S/C16H26FN3O3S/c1-12(23-14-8-6-13(17)7-9-14)10-19-15(18-4)20-11-16(2,3)24(5,21)22/h6-9,12H,10-11H2,1-5H3,(H2,18,19,20). The zero-order chi connectivity index (χ0) is 18.4. The second kappa shape index (κ2) is 8.32. The Labute approximate surface area is 143 Å². The average molecular weight is 359 g/mol. The van der Waals surface area contributed by atoms with Crippen molar-refractivity contribution in [1.82, 2.24) is 10.6 Å². The highest BCUT2D eigenvalue weighted by molar-refractivity contribution is 7.92. The molecule has 0 radical (unpaired) electrons. The minimum absolute atomic E-state index is 0.183. The summed E-state index contributed by atoms with van der Waals surface area (Å²) in [6.45, 7) is 5.87. The van der Waals surface area contributed by atoms with E-state index in [1.807, 2.05) is 6.92 Å². The van der Waals surface area contributed by atoms with E-state index in [1.165, 1.54) is 18.4 Å². The largest absolute Gasteiger partial charge is 0.489 e. The number of nitrogens with zero attached hydrogens (tertiary/aromatic N) is 1. The molecule has 0 spiro atoms. The Morgan fingerprint density at radius 2 is 1.88 bits per heavy atom. The Hall–Kier alpha value is -1.83. The molecular formula is C16H26FN3O3S. The highest BCUT2D eigenvalue weighted by atomic mass is 32.2. The molecule has 0 saturated carbocycles. The van der Waals surface area contributed by atoms with E-state index in [0.29, 0.717) is 18.3 Å². The molecule has 0 bridgehead atoms. The van der Waals surface area contributed by atoms with Gasteiger partial charge in [0.15, 0.2) is 15.8 Å². The molecule has 8 heteroatoms. The smallest absolute Gasteiger partial charge is 0.191 e. The number of hydrogen-bond donors (Lipinski definition) is 2. The molecule has 1 aromatic carbocycles. The third-order valence-electron chi connectivity index (χ3n) is 3.62. The van der Waals surface area contributed by atoms with Gasteiger partial charge in [-0.3, -0.25) is 4.99 Å². The number of halogens is 1. The first-order chi connectivity index (χ1) is 11.0. The van der Waals surface area contributed by atoms with Crippen molar-refractivity contribution in [3.63, 3.8) is 0 Å². The lowest BCUT2D eigenvalue weighted by atomic mass is 10.2. The molecule has 24 heavy (non-hydrogen) atoms. The minimum atomic E-state index is -3.18. The van der Waals surface area contributed by atoms with Crippen molar-refractivity contribution in [2.24, 2.45) is 4.99 Å². The van der Waals surface area contributed by atoms with Crippen LogP contribution in [0.4, 0.5) is 4.39 Å². The molecule has 0 heterocycles. The lowest BCUT2D eigenvalue weighted by Crippen LogP contribution is -2.49. The molecule has 0 fully saturated rings. The Morgan fingerprint density at radius 3 is 2.38 bits per heavy atom. The molecule has 1 atom stereocenters. The van der Waals surface area contributed by atoms with Crippen LogP contribution in [-0.2, 0) is 9.84 Å². The summed E-state index contributed by atoms with van der Waals surface area (Å²) >= 11 is 0. The minimum Gasteiger partial charge on any atom is -0.489 e. The molecule has 6 nitrogen and oxygen atoms in total. The van der Waals surface area contributed by atoms with Gasteiger partial charge in [0, 0.05) is 19.8 Å². The van der Waals surface area contributed by atoms with Crippen LogP contribution in [0, 0.1) is 5.82 Å². The van der Waals surface area contributed by atoms with Gasteiger partial charge in [0.1, 0.15) is 17.7 Å². The van der Waals surface area contributed by atoms with Gasteiger partial charge in [-0.2, -0.15) is 0 Å². The van der Waals surface area contributed by atoms with Gasteiger partial charge in [-0.05, 0) is 45.0 Å². The van der Waals surface area contributed by atoms with E-state index in [9.17, 15) is 12.8 Å². The van der Waals surface area contributed by atoms with Gasteiger partial charge in [0.25, 0.3) is 0 Å². The predicted octanol–water partition coefficient (Wildman–Crippen LogP) is 1.58. The molecule has 1 unspecified atom stereocenters. The molecule has 0 amide bonds. The van der Waals surface area contributed by atoms with Crippen molar-refractivity contribution in [2.45, 2.75) is 31.6 Å². The maximum atomic E-state index is 12.9. The van der Waals surface area contributed by atoms with E-state index in [-0.39, 0.29) is 18.5 Å². The number of rotatable bonds is 7. The molecule has 2 N–H and O–H groups in total. The first kappa shape index (κ1) is 20.2. The van der Waals surface area contributed by atoms with Crippen molar-refractivity contribution in [3.8, 4) is 5.75 Å². The number of nitrogens with one attached hydrogen (secondary N) is 2. The molecule has 0 aromatic heterocycles. The van der Waals surface area contributed by atoms with E-state index in [2.05, 4.69) is 15.6 Å². The normalized spacial score (nSPS) is 14.2. The fourth-order valence-electron chi connectivity index (χ4n) is 1.68. The third kappa shape index (κ3) is 6.35. The summed E-state index contributed by atoms with van der Waals surface area (Å²) in [6.07, 6.45) is 1.03. The molecule has 136 valence electrons. The monoisotopic (exact) mass is 359 g/mol. The summed E-state index contributed by atoms with van der Waals surface area (Å²) in [4.78, 5) is 4.06. The van der Waals surface area contributed by atoms with Crippen LogP contribution in [0.25, 0.3) is 0 Å². The highest BCUT2D eigenvalue weighted by Crippen LogP contribution is 2.14. The number of ether oxygens (including phenoxy) is 1. The van der Waals surface area contributed by atoms with Crippen LogP contribution in [0.15, 0.2) is 29.3 Å². The first-order valence-corrected chi connectivity index (χ1v) is 9.50. The van der Waals surface area contributed by atoms with Crippen LogP contribution in [0.3, 0.4) is 0 Å². The van der Waals surface area contributed by atoms with Gasteiger partial charge in [-0.25, -0.2) is 12.8 Å². The van der Waals surface area contributed by atoms with Crippen LogP contribution in [0.1, 0.15) is 20.8 Å². The van der Waals surface area contributed by atoms with E-state index in [0.717, 1.165) is 0 Å². The van der Waals surface area contributed by atoms with E-state index < -0.39 is 14.6 Å². The Kier molecular flexibility index (Phi) is 7.01. The SMILES string of the molecule is CN=C(NCC(C)Oc1ccc(F)cc1)NCC(C)(C)S(C)(=O)=O. The van der Waals surface area contributed by atoms with Gasteiger partial charge in [-0.1, -0.05) is 0 Å². The summed E-state index contributed by atoms with van der Waals surface area (Å²) in [5.74, 6) is 0.749. The topological polar surface area (TPSA) is 79.8 Å². The number of hydrogen-bond acceptors (Lipinski definition) is 4. The van der Waals surface area contributed by atoms with Crippen molar-refractivity contribution < 1.29 is 17.5 Å². The lowest BCUT2D eigenvalue weighted by molar-refractivity contribution is 0.223. The van der Waals surface area contributed by atoms with Crippen LogP contribution >= 0.6 is 0 Å². The predicted molar refractivity (Wildman–Crippen MR) is 94.8 cm³/mol. The lowest BCUT2D eigenvalue weighted by Gasteiger charge is -2.24. The number of aliphatic imine (C=N–C) groups is 1. The number of sulfone groups is 1. The Balaban J connectivity index is 2.47. The van der Waals surface area contributed by atoms with Gasteiger partial charge >= 0.3 is 0 Å². The van der Waals surface area contributed by atoms with Gasteiger partial charge < -0.3 is 15.4 Å². The number of guanidine groups is 1. The highest BCUT2D eigenvalue weighted by Gasteiger charge is 2.30. The number of benzene rings is 1. The van der Waals surface area contributed by atoms with Crippen LogP contribution < -0.4 is 15.4 Å².